The Labute approximate surface area is 146 Å². The number of hydrogen-bond acceptors (Lipinski definition) is 4. The van der Waals surface area contributed by atoms with E-state index in [9.17, 15) is 9.59 Å². The molecular formula is C16H22ClN3O4. The summed E-state index contributed by atoms with van der Waals surface area (Å²) in [5, 5.41) is 3.20. The van der Waals surface area contributed by atoms with Crippen LogP contribution in [0.5, 0.6) is 5.75 Å². The molecule has 1 aromatic carbocycles. The minimum absolute atomic E-state index is 0.165. The first kappa shape index (κ1) is 18.2. The maximum absolute atomic E-state index is 12.0. The van der Waals surface area contributed by atoms with Crippen LogP contribution in [0.15, 0.2) is 18.2 Å². The minimum Gasteiger partial charge on any atom is -0.495 e. The number of anilines is 1. The van der Waals surface area contributed by atoms with Crippen molar-refractivity contribution in [2.75, 3.05) is 38.2 Å². The fourth-order valence-corrected chi connectivity index (χ4v) is 2.74. The summed E-state index contributed by atoms with van der Waals surface area (Å²) >= 11 is 6.10. The van der Waals surface area contributed by atoms with Gasteiger partial charge in [-0.05, 0) is 32.0 Å². The number of carbonyl (C=O) groups excluding carboxylic acids is 2. The van der Waals surface area contributed by atoms with Crippen LogP contribution < -0.4 is 15.0 Å². The van der Waals surface area contributed by atoms with Gasteiger partial charge in [0.05, 0.1) is 25.2 Å². The van der Waals surface area contributed by atoms with Crippen molar-refractivity contribution in [3.8, 4) is 5.75 Å². The number of carbonyl (C=O) groups is 2. The van der Waals surface area contributed by atoms with Crippen LogP contribution in [0.3, 0.4) is 0 Å². The van der Waals surface area contributed by atoms with E-state index in [1.807, 2.05) is 13.8 Å². The SMILES string of the molecule is CCN(CC)C(=O)NCC1CN(c2ccc(OC)c(Cl)c2)C(=O)O1. The van der Waals surface area contributed by atoms with Crippen LogP contribution in [0.1, 0.15) is 13.8 Å². The monoisotopic (exact) mass is 355 g/mol. The number of nitrogens with one attached hydrogen (secondary N) is 1. The third-order valence-electron chi connectivity index (χ3n) is 3.85. The van der Waals surface area contributed by atoms with Gasteiger partial charge in [0.15, 0.2) is 0 Å². The van der Waals surface area contributed by atoms with Crippen molar-refractivity contribution in [1.29, 1.82) is 0 Å². The smallest absolute Gasteiger partial charge is 0.414 e. The molecule has 2 rings (SSSR count). The lowest BCUT2D eigenvalue weighted by Gasteiger charge is -2.20. The van der Waals surface area contributed by atoms with Gasteiger partial charge in [-0.2, -0.15) is 0 Å². The first-order chi connectivity index (χ1) is 11.5. The normalized spacial score (nSPS) is 16.8. The maximum atomic E-state index is 12.0. The molecule has 0 bridgehead atoms. The molecule has 1 atom stereocenters. The van der Waals surface area contributed by atoms with Gasteiger partial charge in [0, 0.05) is 18.8 Å². The molecule has 1 unspecified atom stereocenters. The summed E-state index contributed by atoms with van der Waals surface area (Å²) < 4.78 is 10.4. The van der Waals surface area contributed by atoms with Crippen molar-refractivity contribution in [3.05, 3.63) is 23.2 Å². The van der Waals surface area contributed by atoms with E-state index in [1.54, 1.807) is 23.1 Å². The molecule has 0 aliphatic carbocycles. The van der Waals surface area contributed by atoms with Gasteiger partial charge in [-0.1, -0.05) is 11.6 Å². The number of methoxy groups -OCH3 is 1. The molecule has 0 radical (unpaired) electrons. The maximum Gasteiger partial charge on any atom is 0.414 e. The van der Waals surface area contributed by atoms with Crippen LogP contribution in [0.2, 0.25) is 5.02 Å². The fraction of sp³-hybridized carbons (Fsp3) is 0.500. The Morgan fingerprint density at radius 3 is 2.75 bits per heavy atom. The molecule has 7 nitrogen and oxygen atoms in total. The topological polar surface area (TPSA) is 71.1 Å². The van der Waals surface area contributed by atoms with E-state index in [2.05, 4.69) is 5.32 Å². The molecule has 1 aliphatic rings. The van der Waals surface area contributed by atoms with E-state index in [0.717, 1.165) is 0 Å². The van der Waals surface area contributed by atoms with Gasteiger partial charge in [0.25, 0.3) is 0 Å². The average Bonchev–Trinajstić information content (AvgIpc) is 2.95. The molecule has 1 fully saturated rings. The van der Waals surface area contributed by atoms with Crippen molar-refractivity contribution < 1.29 is 19.1 Å². The molecule has 1 aliphatic heterocycles. The Balaban J connectivity index is 1.96. The van der Waals surface area contributed by atoms with Crippen LogP contribution in [0.25, 0.3) is 0 Å². The summed E-state index contributed by atoms with van der Waals surface area (Å²) in [7, 11) is 1.53. The van der Waals surface area contributed by atoms with Crippen LogP contribution >= 0.6 is 11.6 Å². The molecule has 8 heteroatoms. The van der Waals surface area contributed by atoms with Crippen LogP contribution in [0, 0.1) is 0 Å². The minimum atomic E-state index is -0.460. The third kappa shape index (κ3) is 4.03. The molecule has 0 spiro atoms. The van der Waals surface area contributed by atoms with Crippen LogP contribution in [0.4, 0.5) is 15.3 Å². The van der Waals surface area contributed by atoms with Gasteiger partial charge < -0.3 is 19.7 Å². The van der Waals surface area contributed by atoms with Gasteiger partial charge in [0.2, 0.25) is 0 Å². The van der Waals surface area contributed by atoms with Crippen LogP contribution in [-0.2, 0) is 4.74 Å². The lowest BCUT2D eigenvalue weighted by atomic mass is 10.2. The van der Waals surface area contributed by atoms with Gasteiger partial charge in [-0.15, -0.1) is 0 Å². The lowest BCUT2D eigenvalue weighted by molar-refractivity contribution is 0.138. The number of benzene rings is 1. The highest BCUT2D eigenvalue weighted by molar-refractivity contribution is 6.32. The second-order valence-corrected chi connectivity index (χ2v) is 5.70. The Morgan fingerprint density at radius 1 is 1.46 bits per heavy atom. The number of amides is 3. The van der Waals surface area contributed by atoms with Crippen LogP contribution in [-0.4, -0.2) is 56.4 Å². The number of hydrogen-bond donors (Lipinski definition) is 1. The van der Waals surface area contributed by atoms with Crippen molar-refractivity contribution in [2.45, 2.75) is 20.0 Å². The van der Waals surface area contributed by atoms with E-state index in [0.29, 0.717) is 36.1 Å². The molecule has 1 saturated heterocycles. The number of ether oxygens (including phenoxy) is 2. The largest absolute Gasteiger partial charge is 0.495 e. The van der Waals surface area contributed by atoms with E-state index in [1.165, 1.54) is 12.0 Å². The molecule has 3 amide bonds. The zero-order valence-corrected chi connectivity index (χ0v) is 14.8. The fourth-order valence-electron chi connectivity index (χ4n) is 2.49. The van der Waals surface area contributed by atoms with Gasteiger partial charge in [0.1, 0.15) is 11.9 Å². The number of urea groups is 1. The highest BCUT2D eigenvalue weighted by Gasteiger charge is 2.33. The molecule has 0 saturated carbocycles. The standard InChI is InChI=1S/C16H22ClN3O4/c1-4-19(5-2)15(21)18-9-12-10-20(16(22)24-12)11-6-7-14(23-3)13(17)8-11/h6-8,12H,4-5,9-10H2,1-3H3,(H,18,21). The summed E-state index contributed by atoms with van der Waals surface area (Å²) in [5.74, 6) is 0.538. The van der Waals surface area contributed by atoms with E-state index in [-0.39, 0.29) is 12.6 Å². The van der Waals surface area contributed by atoms with Gasteiger partial charge in [-0.25, -0.2) is 9.59 Å². The summed E-state index contributed by atoms with van der Waals surface area (Å²) in [5.41, 5.74) is 0.628. The molecule has 132 valence electrons. The summed E-state index contributed by atoms with van der Waals surface area (Å²) in [6, 6.07) is 4.92. The summed E-state index contributed by atoms with van der Waals surface area (Å²) in [6.45, 7) is 5.69. The van der Waals surface area contributed by atoms with E-state index >= 15 is 0 Å². The Kier molecular flexibility index (Phi) is 6.14. The van der Waals surface area contributed by atoms with Crippen molar-refractivity contribution in [2.24, 2.45) is 0 Å². The van der Waals surface area contributed by atoms with Crippen molar-refractivity contribution in [3.63, 3.8) is 0 Å². The van der Waals surface area contributed by atoms with E-state index in [4.69, 9.17) is 21.1 Å². The highest BCUT2D eigenvalue weighted by atomic mass is 35.5. The molecule has 24 heavy (non-hydrogen) atoms. The first-order valence-electron chi connectivity index (χ1n) is 7.84. The van der Waals surface area contributed by atoms with Crippen molar-refractivity contribution in [1.82, 2.24) is 10.2 Å². The molecule has 1 N–H and O–H groups in total. The number of cyclic esters (lactones) is 1. The number of rotatable bonds is 6. The third-order valence-corrected chi connectivity index (χ3v) is 4.15. The average molecular weight is 356 g/mol. The number of halogens is 1. The molecular weight excluding hydrogens is 334 g/mol. The molecule has 1 heterocycles. The first-order valence-corrected chi connectivity index (χ1v) is 8.22. The van der Waals surface area contributed by atoms with Gasteiger partial charge in [-0.3, -0.25) is 4.90 Å². The lowest BCUT2D eigenvalue weighted by Crippen LogP contribution is -2.43. The zero-order chi connectivity index (χ0) is 17.7. The molecule has 1 aromatic rings. The molecule has 0 aromatic heterocycles. The second-order valence-electron chi connectivity index (χ2n) is 5.29. The Morgan fingerprint density at radius 2 is 2.17 bits per heavy atom. The quantitative estimate of drug-likeness (QED) is 0.851. The van der Waals surface area contributed by atoms with E-state index < -0.39 is 12.2 Å². The Hall–Kier alpha value is -2.15. The zero-order valence-electron chi connectivity index (χ0n) is 14.0. The number of nitrogens with zero attached hydrogens (tertiary/aromatic N) is 2. The predicted molar refractivity (Wildman–Crippen MR) is 91.9 cm³/mol. The Bertz CT molecular complexity index is 607. The second kappa shape index (κ2) is 8.10. The highest BCUT2D eigenvalue weighted by Crippen LogP contribution is 2.31. The summed E-state index contributed by atoms with van der Waals surface area (Å²) in [4.78, 5) is 27.1. The predicted octanol–water partition coefficient (Wildman–Crippen LogP) is 2.73. The van der Waals surface area contributed by atoms with Gasteiger partial charge >= 0.3 is 12.1 Å². The summed E-state index contributed by atoms with van der Waals surface area (Å²) in [6.07, 6.45) is -0.865. The van der Waals surface area contributed by atoms with Crippen molar-refractivity contribution >= 4 is 29.4 Å².